The van der Waals surface area contributed by atoms with E-state index in [0.717, 1.165) is 18.5 Å². The van der Waals surface area contributed by atoms with Crippen LogP contribution in [0.3, 0.4) is 0 Å². The van der Waals surface area contributed by atoms with Crippen molar-refractivity contribution in [2.75, 3.05) is 25.5 Å². The molecule has 1 aliphatic rings. The van der Waals surface area contributed by atoms with Crippen LogP contribution in [-0.4, -0.2) is 48.0 Å². The standard InChI is InChI=1S/C20H27N5O3/c1-12-17(23-13(2)28-12)19(27)22-11-20(3,14-6-7-14)24-18(26)16-10-15(25(4)5)8-9-21-16/h8-10,14H,6-7,11H2,1-5H3,(H,22,27)(H,24,26). The Bertz CT molecular complexity index is 888. The minimum absolute atomic E-state index is 0.249. The molecule has 1 aliphatic carbocycles. The Hall–Kier alpha value is -2.90. The normalized spacial score (nSPS) is 15.6. The van der Waals surface area contributed by atoms with Gasteiger partial charge in [0.25, 0.3) is 11.8 Å². The molecule has 150 valence electrons. The zero-order valence-corrected chi connectivity index (χ0v) is 17.0. The minimum Gasteiger partial charge on any atom is -0.445 e. The largest absolute Gasteiger partial charge is 0.445 e. The van der Waals surface area contributed by atoms with E-state index in [1.165, 1.54) is 0 Å². The molecule has 8 nitrogen and oxygen atoms in total. The van der Waals surface area contributed by atoms with Gasteiger partial charge in [-0.25, -0.2) is 4.98 Å². The molecule has 0 spiro atoms. The maximum absolute atomic E-state index is 12.8. The van der Waals surface area contributed by atoms with Crippen LogP contribution in [0.4, 0.5) is 5.69 Å². The second-order valence-corrected chi connectivity index (χ2v) is 7.76. The van der Waals surface area contributed by atoms with Crippen LogP contribution < -0.4 is 15.5 Å². The Balaban J connectivity index is 1.70. The number of carbonyl (C=O) groups excluding carboxylic acids is 2. The highest BCUT2D eigenvalue weighted by Crippen LogP contribution is 2.39. The summed E-state index contributed by atoms with van der Waals surface area (Å²) < 4.78 is 5.33. The Kier molecular flexibility index (Phi) is 5.40. The maximum atomic E-state index is 12.8. The number of aryl methyl sites for hydroxylation is 2. The van der Waals surface area contributed by atoms with E-state index in [-0.39, 0.29) is 17.5 Å². The van der Waals surface area contributed by atoms with E-state index in [4.69, 9.17) is 4.42 Å². The summed E-state index contributed by atoms with van der Waals surface area (Å²) in [6, 6.07) is 3.60. The topological polar surface area (TPSA) is 100 Å². The van der Waals surface area contributed by atoms with Crippen LogP contribution in [0.1, 0.15) is 52.4 Å². The molecule has 28 heavy (non-hydrogen) atoms. The lowest BCUT2D eigenvalue weighted by Gasteiger charge is -2.31. The molecule has 1 saturated carbocycles. The van der Waals surface area contributed by atoms with E-state index >= 15 is 0 Å². The number of aromatic nitrogens is 2. The van der Waals surface area contributed by atoms with Gasteiger partial charge in [-0.2, -0.15) is 0 Å². The first-order valence-corrected chi connectivity index (χ1v) is 9.38. The van der Waals surface area contributed by atoms with E-state index in [2.05, 4.69) is 20.6 Å². The molecule has 0 saturated heterocycles. The molecule has 8 heteroatoms. The van der Waals surface area contributed by atoms with E-state index in [1.807, 2.05) is 32.0 Å². The molecule has 1 unspecified atom stereocenters. The lowest BCUT2D eigenvalue weighted by Crippen LogP contribution is -2.55. The monoisotopic (exact) mass is 385 g/mol. The average Bonchev–Trinajstić information content (AvgIpc) is 3.45. The van der Waals surface area contributed by atoms with Crippen molar-refractivity contribution < 1.29 is 14.0 Å². The Morgan fingerprint density at radius 3 is 2.57 bits per heavy atom. The van der Waals surface area contributed by atoms with Gasteiger partial charge in [-0.3, -0.25) is 14.6 Å². The highest BCUT2D eigenvalue weighted by Gasteiger charge is 2.43. The van der Waals surface area contributed by atoms with Gasteiger partial charge >= 0.3 is 0 Å². The molecule has 2 aromatic rings. The van der Waals surface area contributed by atoms with Crippen LogP contribution in [-0.2, 0) is 0 Å². The molecule has 0 bridgehead atoms. The van der Waals surface area contributed by atoms with Crippen LogP contribution >= 0.6 is 0 Å². The Morgan fingerprint density at radius 1 is 1.29 bits per heavy atom. The van der Waals surface area contributed by atoms with E-state index in [0.29, 0.717) is 29.8 Å². The fourth-order valence-electron chi connectivity index (χ4n) is 3.24. The van der Waals surface area contributed by atoms with Gasteiger partial charge in [0.2, 0.25) is 0 Å². The molecule has 2 heterocycles. The molecule has 2 aromatic heterocycles. The summed E-state index contributed by atoms with van der Waals surface area (Å²) in [5.74, 6) is 0.697. The third-order valence-corrected chi connectivity index (χ3v) is 5.10. The number of carbonyl (C=O) groups is 2. The fourth-order valence-corrected chi connectivity index (χ4v) is 3.24. The Morgan fingerprint density at radius 2 is 2.00 bits per heavy atom. The summed E-state index contributed by atoms with van der Waals surface area (Å²) in [6.45, 7) is 5.67. The molecule has 2 amide bonds. The number of pyridine rings is 1. The summed E-state index contributed by atoms with van der Waals surface area (Å²) in [6.07, 6.45) is 3.65. The third kappa shape index (κ3) is 4.32. The minimum atomic E-state index is -0.560. The molecule has 0 aromatic carbocycles. The summed E-state index contributed by atoms with van der Waals surface area (Å²) in [5.41, 5.74) is 0.975. The van der Waals surface area contributed by atoms with Crippen LogP contribution in [0.2, 0.25) is 0 Å². The average molecular weight is 385 g/mol. The molecule has 0 aliphatic heterocycles. The van der Waals surface area contributed by atoms with Crippen molar-refractivity contribution in [2.24, 2.45) is 5.92 Å². The lowest BCUT2D eigenvalue weighted by atomic mass is 9.95. The van der Waals surface area contributed by atoms with E-state index in [1.54, 1.807) is 26.1 Å². The maximum Gasteiger partial charge on any atom is 0.273 e. The van der Waals surface area contributed by atoms with Crippen LogP contribution in [0.5, 0.6) is 0 Å². The SMILES string of the molecule is Cc1nc(C(=O)NCC(C)(NC(=O)c2cc(N(C)C)ccn2)C2CC2)c(C)o1. The summed E-state index contributed by atoms with van der Waals surface area (Å²) >= 11 is 0. The van der Waals surface area contributed by atoms with Gasteiger partial charge in [-0.15, -0.1) is 0 Å². The second kappa shape index (κ2) is 7.61. The van der Waals surface area contributed by atoms with Gasteiger partial charge in [-0.05, 0) is 44.7 Å². The number of hydrogen-bond acceptors (Lipinski definition) is 6. The number of hydrogen-bond donors (Lipinski definition) is 2. The van der Waals surface area contributed by atoms with Gasteiger partial charge in [0.1, 0.15) is 11.5 Å². The van der Waals surface area contributed by atoms with Crippen LogP contribution in [0.15, 0.2) is 22.7 Å². The third-order valence-electron chi connectivity index (χ3n) is 5.10. The lowest BCUT2D eigenvalue weighted by molar-refractivity contribution is 0.0855. The first kappa shape index (κ1) is 19.9. The van der Waals surface area contributed by atoms with Crippen molar-refractivity contribution in [3.8, 4) is 0 Å². The first-order chi connectivity index (χ1) is 13.2. The summed E-state index contributed by atoms with van der Waals surface area (Å²) in [4.78, 5) is 35.5. The molecule has 1 atom stereocenters. The van der Waals surface area contributed by atoms with Crippen molar-refractivity contribution in [2.45, 2.75) is 39.2 Å². The predicted molar refractivity (Wildman–Crippen MR) is 105 cm³/mol. The zero-order chi connectivity index (χ0) is 20.5. The van der Waals surface area contributed by atoms with Gasteiger partial charge in [-0.1, -0.05) is 0 Å². The van der Waals surface area contributed by atoms with E-state index < -0.39 is 5.54 Å². The number of rotatable bonds is 7. The van der Waals surface area contributed by atoms with Crippen LogP contribution in [0, 0.1) is 19.8 Å². The summed E-state index contributed by atoms with van der Waals surface area (Å²) in [7, 11) is 3.82. The van der Waals surface area contributed by atoms with Gasteiger partial charge in [0.15, 0.2) is 11.6 Å². The zero-order valence-electron chi connectivity index (χ0n) is 17.0. The molecule has 2 N–H and O–H groups in total. The van der Waals surface area contributed by atoms with Gasteiger partial charge < -0.3 is 20.0 Å². The predicted octanol–water partition coefficient (Wildman–Crippen LogP) is 2.08. The smallest absolute Gasteiger partial charge is 0.273 e. The number of nitrogens with one attached hydrogen (secondary N) is 2. The number of nitrogens with zero attached hydrogens (tertiary/aromatic N) is 3. The quantitative estimate of drug-likeness (QED) is 0.757. The molecule has 1 fully saturated rings. The fraction of sp³-hybridized carbons (Fsp3) is 0.500. The summed E-state index contributed by atoms with van der Waals surface area (Å²) in [5, 5.41) is 5.98. The highest BCUT2D eigenvalue weighted by molar-refractivity contribution is 5.94. The second-order valence-electron chi connectivity index (χ2n) is 7.76. The van der Waals surface area contributed by atoms with Gasteiger partial charge in [0, 0.05) is 39.4 Å². The number of amides is 2. The van der Waals surface area contributed by atoms with Crippen LogP contribution in [0.25, 0.3) is 0 Å². The van der Waals surface area contributed by atoms with E-state index in [9.17, 15) is 9.59 Å². The molecule has 0 radical (unpaired) electrons. The number of anilines is 1. The van der Waals surface area contributed by atoms with Crippen molar-refractivity contribution in [1.29, 1.82) is 0 Å². The first-order valence-electron chi connectivity index (χ1n) is 9.38. The molecular weight excluding hydrogens is 358 g/mol. The van der Waals surface area contributed by atoms with Crippen molar-refractivity contribution in [3.63, 3.8) is 0 Å². The van der Waals surface area contributed by atoms with Crippen molar-refractivity contribution >= 4 is 17.5 Å². The van der Waals surface area contributed by atoms with Gasteiger partial charge in [0.05, 0.1) is 5.54 Å². The molecular formula is C20H27N5O3. The van der Waals surface area contributed by atoms with Crippen molar-refractivity contribution in [3.05, 3.63) is 41.4 Å². The van der Waals surface area contributed by atoms with Crippen molar-refractivity contribution in [1.82, 2.24) is 20.6 Å². The molecule has 3 rings (SSSR count). The Labute approximate surface area is 164 Å². The highest BCUT2D eigenvalue weighted by atomic mass is 16.4. The number of oxazole rings is 1.